The molecule has 2 aromatic heterocycles. The number of hydrogen-bond acceptors (Lipinski definition) is 4. The summed E-state index contributed by atoms with van der Waals surface area (Å²) in [7, 11) is 0. The SMILES string of the molecule is CCCC1CC1Nc1nc(Cl)nc2sccc12. The van der Waals surface area contributed by atoms with Crippen LogP contribution in [0.4, 0.5) is 5.82 Å². The molecule has 3 nitrogen and oxygen atoms in total. The fraction of sp³-hybridized carbons (Fsp3) is 0.500. The third kappa shape index (κ3) is 2.24. The minimum atomic E-state index is 0.329. The van der Waals surface area contributed by atoms with Gasteiger partial charge < -0.3 is 5.32 Å². The highest BCUT2D eigenvalue weighted by atomic mass is 35.5. The first kappa shape index (κ1) is 11.2. The lowest BCUT2D eigenvalue weighted by molar-refractivity contribution is 0.692. The van der Waals surface area contributed by atoms with Gasteiger partial charge >= 0.3 is 0 Å². The fourth-order valence-electron chi connectivity index (χ4n) is 2.23. The summed E-state index contributed by atoms with van der Waals surface area (Å²) in [6, 6.07) is 2.62. The summed E-state index contributed by atoms with van der Waals surface area (Å²) in [6.45, 7) is 2.23. The van der Waals surface area contributed by atoms with E-state index in [0.717, 1.165) is 22.0 Å². The Bertz CT molecular complexity index is 540. The van der Waals surface area contributed by atoms with Gasteiger partial charge in [-0.3, -0.25) is 0 Å². The summed E-state index contributed by atoms with van der Waals surface area (Å²) in [5.41, 5.74) is 0. The van der Waals surface area contributed by atoms with E-state index < -0.39 is 0 Å². The van der Waals surface area contributed by atoms with Crippen LogP contribution >= 0.6 is 22.9 Å². The van der Waals surface area contributed by atoms with E-state index in [9.17, 15) is 0 Å². The first-order valence-corrected chi connectivity index (χ1v) is 7.21. The second-order valence-electron chi connectivity index (χ2n) is 4.52. The number of nitrogens with zero attached hydrogens (tertiary/aromatic N) is 2. The van der Waals surface area contributed by atoms with Crippen LogP contribution in [0.2, 0.25) is 5.28 Å². The molecule has 1 aliphatic rings. The largest absolute Gasteiger partial charge is 0.366 e. The van der Waals surface area contributed by atoms with E-state index in [-0.39, 0.29) is 0 Å². The Labute approximate surface area is 109 Å². The molecule has 0 amide bonds. The van der Waals surface area contributed by atoms with Crippen molar-refractivity contribution in [2.45, 2.75) is 32.2 Å². The molecule has 5 heteroatoms. The third-order valence-electron chi connectivity index (χ3n) is 3.20. The highest BCUT2D eigenvalue weighted by Gasteiger charge is 2.36. The van der Waals surface area contributed by atoms with E-state index in [1.165, 1.54) is 19.3 Å². The van der Waals surface area contributed by atoms with Crippen molar-refractivity contribution in [3.05, 3.63) is 16.7 Å². The van der Waals surface area contributed by atoms with Gasteiger partial charge in [-0.25, -0.2) is 9.97 Å². The molecule has 0 aromatic carbocycles. The normalized spacial score (nSPS) is 22.9. The average molecular weight is 268 g/mol. The number of anilines is 1. The zero-order valence-electron chi connectivity index (χ0n) is 9.61. The molecule has 0 spiro atoms. The maximum atomic E-state index is 5.93. The minimum Gasteiger partial charge on any atom is -0.366 e. The van der Waals surface area contributed by atoms with Gasteiger partial charge in [0.15, 0.2) is 0 Å². The smallest absolute Gasteiger partial charge is 0.225 e. The molecular weight excluding hydrogens is 254 g/mol. The van der Waals surface area contributed by atoms with Crippen molar-refractivity contribution in [1.82, 2.24) is 9.97 Å². The van der Waals surface area contributed by atoms with Crippen molar-refractivity contribution < 1.29 is 0 Å². The quantitative estimate of drug-likeness (QED) is 0.853. The van der Waals surface area contributed by atoms with Crippen LogP contribution in [0.25, 0.3) is 10.2 Å². The van der Waals surface area contributed by atoms with Crippen LogP contribution in [-0.2, 0) is 0 Å². The van der Waals surface area contributed by atoms with E-state index in [1.807, 2.05) is 5.38 Å². The number of thiophene rings is 1. The number of hydrogen-bond donors (Lipinski definition) is 1. The first-order chi connectivity index (χ1) is 8.28. The molecular formula is C12H14ClN3S. The first-order valence-electron chi connectivity index (χ1n) is 5.95. The monoisotopic (exact) mass is 267 g/mol. The molecule has 90 valence electrons. The maximum absolute atomic E-state index is 5.93. The van der Waals surface area contributed by atoms with Crippen LogP contribution in [0.15, 0.2) is 11.4 Å². The molecule has 17 heavy (non-hydrogen) atoms. The fourth-order valence-corrected chi connectivity index (χ4v) is 3.21. The van der Waals surface area contributed by atoms with Gasteiger partial charge in [0.1, 0.15) is 10.6 Å². The number of aromatic nitrogens is 2. The Morgan fingerprint density at radius 2 is 2.41 bits per heavy atom. The van der Waals surface area contributed by atoms with Crippen LogP contribution < -0.4 is 5.32 Å². The standard InChI is InChI=1S/C12H14ClN3S/c1-2-3-7-6-9(7)14-10-8-4-5-17-11(8)16-12(13)15-10/h4-5,7,9H,2-3,6H2,1H3,(H,14,15,16). The summed E-state index contributed by atoms with van der Waals surface area (Å²) in [4.78, 5) is 9.47. The summed E-state index contributed by atoms with van der Waals surface area (Å²) >= 11 is 7.53. The number of fused-ring (bicyclic) bond motifs is 1. The van der Waals surface area contributed by atoms with Gasteiger partial charge in [0.05, 0.1) is 5.39 Å². The molecule has 0 saturated heterocycles. The van der Waals surface area contributed by atoms with Gasteiger partial charge in [-0.05, 0) is 41.8 Å². The number of halogens is 1. The minimum absolute atomic E-state index is 0.329. The van der Waals surface area contributed by atoms with Crippen molar-refractivity contribution in [3.63, 3.8) is 0 Å². The summed E-state index contributed by atoms with van der Waals surface area (Å²) in [5.74, 6) is 1.70. The van der Waals surface area contributed by atoms with Crippen molar-refractivity contribution in [2.24, 2.45) is 5.92 Å². The van der Waals surface area contributed by atoms with E-state index in [1.54, 1.807) is 11.3 Å². The molecule has 1 aliphatic carbocycles. The van der Waals surface area contributed by atoms with Crippen molar-refractivity contribution >= 4 is 39.0 Å². The maximum Gasteiger partial charge on any atom is 0.225 e. The van der Waals surface area contributed by atoms with Gasteiger partial charge in [-0.2, -0.15) is 0 Å². The molecule has 0 bridgehead atoms. The van der Waals surface area contributed by atoms with Crippen LogP contribution in [0.5, 0.6) is 0 Å². The molecule has 1 fully saturated rings. The lowest BCUT2D eigenvalue weighted by Gasteiger charge is -2.06. The lowest BCUT2D eigenvalue weighted by atomic mass is 10.2. The van der Waals surface area contributed by atoms with Crippen molar-refractivity contribution in [2.75, 3.05) is 5.32 Å². The highest BCUT2D eigenvalue weighted by molar-refractivity contribution is 7.16. The molecule has 2 atom stereocenters. The predicted octanol–water partition coefficient (Wildman–Crippen LogP) is 3.95. The van der Waals surface area contributed by atoms with Crippen LogP contribution in [0, 0.1) is 5.92 Å². The third-order valence-corrected chi connectivity index (χ3v) is 4.18. The number of rotatable bonds is 4. The Balaban J connectivity index is 1.83. The van der Waals surface area contributed by atoms with Crippen molar-refractivity contribution in [3.8, 4) is 0 Å². The molecule has 1 saturated carbocycles. The lowest BCUT2D eigenvalue weighted by Crippen LogP contribution is -2.07. The van der Waals surface area contributed by atoms with Gasteiger partial charge in [0, 0.05) is 6.04 Å². The van der Waals surface area contributed by atoms with Crippen molar-refractivity contribution in [1.29, 1.82) is 0 Å². The summed E-state index contributed by atoms with van der Waals surface area (Å²) < 4.78 is 0. The Kier molecular flexibility index (Phi) is 2.92. The van der Waals surface area contributed by atoms with E-state index in [0.29, 0.717) is 11.3 Å². The summed E-state index contributed by atoms with van der Waals surface area (Å²) in [5, 5.41) is 6.93. The predicted molar refractivity (Wildman–Crippen MR) is 72.9 cm³/mol. The van der Waals surface area contributed by atoms with Gasteiger partial charge in [-0.1, -0.05) is 13.3 Å². The second kappa shape index (κ2) is 4.42. The Morgan fingerprint density at radius 1 is 1.53 bits per heavy atom. The van der Waals surface area contributed by atoms with E-state index in [2.05, 4.69) is 28.3 Å². The van der Waals surface area contributed by atoms with E-state index in [4.69, 9.17) is 11.6 Å². The van der Waals surface area contributed by atoms with Gasteiger partial charge in [0.2, 0.25) is 5.28 Å². The second-order valence-corrected chi connectivity index (χ2v) is 5.75. The molecule has 0 radical (unpaired) electrons. The number of nitrogens with one attached hydrogen (secondary N) is 1. The topological polar surface area (TPSA) is 37.8 Å². The van der Waals surface area contributed by atoms with Gasteiger partial charge in [-0.15, -0.1) is 11.3 Å². The zero-order chi connectivity index (χ0) is 11.8. The Hall–Kier alpha value is -0.870. The molecule has 2 unspecified atom stereocenters. The molecule has 1 N–H and O–H groups in total. The zero-order valence-corrected chi connectivity index (χ0v) is 11.2. The van der Waals surface area contributed by atoms with Crippen LogP contribution in [0.3, 0.4) is 0 Å². The molecule has 2 heterocycles. The van der Waals surface area contributed by atoms with Gasteiger partial charge in [0.25, 0.3) is 0 Å². The molecule has 3 rings (SSSR count). The van der Waals surface area contributed by atoms with E-state index >= 15 is 0 Å². The van der Waals surface area contributed by atoms with Crippen LogP contribution in [-0.4, -0.2) is 16.0 Å². The highest BCUT2D eigenvalue weighted by Crippen LogP contribution is 2.38. The van der Waals surface area contributed by atoms with Crippen LogP contribution in [0.1, 0.15) is 26.2 Å². The molecule has 2 aromatic rings. The Morgan fingerprint density at radius 3 is 3.24 bits per heavy atom. The molecule has 0 aliphatic heterocycles. The average Bonchev–Trinajstić information content (AvgIpc) is 2.85. The summed E-state index contributed by atoms with van der Waals surface area (Å²) in [6.07, 6.45) is 3.80.